The Kier molecular flexibility index (Phi) is 8.06. The fourth-order valence-corrected chi connectivity index (χ4v) is 10.1. The Balaban J connectivity index is 1.25. The second-order valence-electron chi connectivity index (χ2n) is 16.2. The van der Waals surface area contributed by atoms with Crippen LogP contribution in [0.4, 0.5) is 28.4 Å². The SMILES string of the molecule is CCCCc1ccc(N2c3cc4ccccc4c4c3B(c3ccc5oc6ccccc6c5c32)N(c2ccccc2)c2cc(-c3ccccc3)ccc2-4)c(-c2ccccc2)c1. The highest BCUT2D eigenvalue weighted by Gasteiger charge is 2.47. The van der Waals surface area contributed by atoms with Crippen LogP contribution in [0.25, 0.3) is 66.1 Å². The van der Waals surface area contributed by atoms with Crippen molar-refractivity contribution in [2.24, 2.45) is 0 Å². The van der Waals surface area contributed by atoms with E-state index < -0.39 is 0 Å². The van der Waals surface area contributed by atoms with E-state index in [9.17, 15) is 0 Å². The number of aryl methyl sites for hydroxylation is 1. The first-order chi connectivity index (χ1) is 29.7. The highest BCUT2D eigenvalue weighted by Crippen LogP contribution is 2.53. The summed E-state index contributed by atoms with van der Waals surface area (Å²) in [5.74, 6) is 0. The summed E-state index contributed by atoms with van der Waals surface area (Å²) in [5.41, 5.74) is 18.9. The van der Waals surface area contributed by atoms with E-state index in [2.05, 4.69) is 211 Å². The van der Waals surface area contributed by atoms with Gasteiger partial charge in [0.1, 0.15) is 11.2 Å². The minimum absolute atomic E-state index is 0.145. The van der Waals surface area contributed by atoms with Crippen LogP contribution in [0.2, 0.25) is 0 Å². The lowest BCUT2D eigenvalue weighted by Gasteiger charge is -2.46. The molecule has 0 aliphatic carbocycles. The number of benzene rings is 9. The van der Waals surface area contributed by atoms with E-state index in [1.807, 2.05) is 0 Å². The lowest BCUT2D eigenvalue weighted by atomic mass is 9.43. The smallest absolute Gasteiger partial charge is 0.333 e. The van der Waals surface area contributed by atoms with Gasteiger partial charge in [0.25, 0.3) is 0 Å². The summed E-state index contributed by atoms with van der Waals surface area (Å²) in [6.45, 7) is 2.13. The normalized spacial score (nSPS) is 12.8. The van der Waals surface area contributed by atoms with Crippen molar-refractivity contribution in [3.05, 3.63) is 200 Å². The van der Waals surface area contributed by atoms with Gasteiger partial charge in [0.15, 0.2) is 0 Å². The van der Waals surface area contributed by atoms with Crippen LogP contribution < -0.4 is 20.6 Å². The molecule has 60 heavy (non-hydrogen) atoms. The summed E-state index contributed by atoms with van der Waals surface area (Å²) in [4.78, 5) is 5.21. The highest BCUT2D eigenvalue weighted by atomic mass is 16.3. The number of rotatable bonds is 7. The van der Waals surface area contributed by atoms with Crippen LogP contribution in [0.15, 0.2) is 199 Å². The third-order valence-corrected chi connectivity index (χ3v) is 12.8. The number of anilines is 5. The number of hydrogen-bond donors (Lipinski definition) is 0. The fraction of sp³-hybridized carbons (Fsp3) is 0.0714. The molecule has 0 N–H and O–H groups in total. The molecular weight excluding hydrogens is 727 g/mol. The zero-order chi connectivity index (χ0) is 39.7. The summed E-state index contributed by atoms with van der Waals surface area (Å²) in [6.07, 6.45) is 3.36. The second-order valence-corrected chi connectivity index (χ2v) is 16.2. The molecule has 0 radical (unpaired) electrons. The molecule has 4 heteroatoms. The summed E-state index contributed by atoms with van der Waals surface area (Å²) < 4.78 is 6.74. The van der Waals surface area contributed by atoms with Crippen LogP contribution in [-0.4, -0.2) is 6.85 Å². The maximum atomic E-state index is 6.74. The molecule has 0 amide bonds. The van der Waals surface area contributed by atoms with Crippen molar-refractivity contribution in [3.63, 3.8) is 0 Å². The van der Waals surface area contributed by atoms with Crippen molar-refractivity contribution in [1.82, 2.24) is 0 Å². The third kappa shape index (κ3) is 5.30. The van der Waals surface area contributed by atoms with E-state index in [-0.39, 0.29) is 6.85 Å². The average Bonchev–Trinajstić information content (AvgIpc) is 3.70. The van der Waals surface area contributed by atoms with Gasteiger partial charge in [-0.2, -0.15) is 0 Å². The average molecular weight is 769 g/mol. The van der Waals surface area contributed by atoms with Crippen LogP contribution in [-0.2, 0) is 6.42 Å². The van der Waals surface area contributed by atoms with Gasteiger partial charge in [-0.3, -0.25) is 0 Å². The quantitative estimate of drug-likeness (QED) is 0.151. The summed E-state index contributed by atoms with van der Waals surface area (Å²) in [6, 6.07) is 71.6. The molecule has 1 aromatic heterocycles. The summed E-state index contributed by atoms with van der Waals surface area (Å²) in [5, 5.41) is 4.73. The minimum Gasteiger partial charge on any atom is -0.456 e. The van der Waals surface area contributed by atoms with Gasteiger partial charge in [-0.1, -0.05) is 159 Å². The molecule has 0 fully saturated rings. The van der Waals surface area contributed by atoms with Crippen molar-refractivity contribution in [2.45, 2.75) is 26.2 Å². The molecule has 0 saturated carbocycles. The zero-order valence-corrected chi connectivity index (χ0v) is 33.5. The number of unbranched alkanes of at least 4 members (excludes halogenated alkanes) is 1. The van der Waals surface area contributed by atoms with Crippen LogP contribution in [0.3, 0.4) is 0 Å². The van der Waals surface area contributed by atoms with Gasteiger partial charge in [-0.25, -0.2) is 0 Å². The van der Waals surface area contributed by atoms with Gasteiger partial charge in [0.2, 0.25) is 0 Å². The Bertz CT molecular complexity index is 3270. The van der Waals surface area contributed by atoms with Gasteiger partial charge < -0.3 is 14.1 Å². The Morgan fingerprint density at radius 1 is 0.517 bits per heavy atom. The van der Waals surface area contributed by atoms with Gasteiger partial charge in [0, 0.05) is 33.6 Å². The largest absolute Gasteiger partial charge is 0.456 e. The predicted octanol–water partition coefficient (Wildman–Crippen LogP) is 14.1. The first kappa shape index (κ1) is 34.7. The topological polar surface area (TPSA) is 19.6 Å². The number of nitrogens with zero attached hydrogens (tertiary/aromatic N) is 2. The van der Waals surface area contributed by atoms with E-state index in [0.717, 1.165) is 52.6 Å². The standard InChI is InChI=1S/C56H41BN2O/c1-2-3-17-37-28-32-48(46(34-37)39-20-9-5-10-21-39)58-50-36-41-22-13-14-25-43(41)53-44-30-29-40(38-18-7-4-8-19-38)35-49(44)59(42-23-11-6-12-24-42)57(55(50)53)47-31-33-52-54(56(47)58)45-26-15-16-27-51(45)60-52/h4-16,18-36H,2-3,17H2,1H3. The Morgan fingerprint density at radius 3 is 2.03 bits per heavy atom. The van der Waals surface area contributed by atoms with Crippen LogP contribution in [0.1, 0.15) is 25.3 Å². The Morgan fingerprint density at radius 2 is 1.23 bits per heavy atom. The van der Waals surface area contributed by atoms with Crippen LogP contribution in [0.5, 0.6) is 0 Å². The maximum Gasteiger partial charge on any atom is 0.333 e. The van der Waals surface area contributed by atoms with Crippen molar-refractivity contribution in [2.75, 3.05) is 9.71 Å². The molecule has 3 nitrogen and oxygen atoms in total. The third-order valence-electron chi connectivity index (χ3n) is 12.8. The number of furan rings is 1. The first-order valence-corrected chi connectivity index (χ1v) is 21.3. The van der Waals surface area contributed by atoms with Gasteiger partial charge >= 0.3 is 6.85 Å². The number of fused-ring (bicyclic) bond motifs is 10. The summed E-state index contributed by atoms with van der Waals surface area (Å²) >= 11 is 0. The second kappa shape index (κ2) is 13.9. The molecule has 2 aliphatic rings. The molecule has 0 unspecified atom stereocenters. The zero-order valence-electron chi connectivity index (χ0n) is 33.5. The van der Waals surface area contributed by atoms with Crippen molar-refractivity contribution >= 4 is 78.9 Å². The minimum atomic E-state index is -0.145. The van der Waals surface area contributed by atoms with E-state index in [1.54, 1.807) is 0 Å². The highest BCUT2D eigenvalue weighted by molar-refractivity contribution is 6.94. The van der Waals surface area contributed by atoms with E-state index >= 15 is 0 Å². The van der Waals surface area contributed by atoms with Crippen LogP contribution in [0, 0.1) is 0 Å². The van der Waals surface area contributed by atoms with E-state index in [4.69, 9.17) is 4.42 Å². The molecule has 2 aliphatic heterocycles. The van der Waals surface area contributed by atoms with Gasteiger partial charge in [-0.15, -0.1) is 0 Å². The molecule has 9 aromatic carbocycles. The fourth-order valence-electron chi connectivity index (χ4n) is 10.1. The number of para-hydroxylation sites is 2. The van der Waals surface area contributed by atoms with Gasteiger partial charge in [-0.05, 0) is 111 Å². The molecule has 0 spiro atoms. The molecule has 3 heterocycles. The lowest BCUT2D eigenvalue weighted by Crippen LogP contribution is -2.61. The maximum absolute atomic E-state index is 6.74. The molecular formula is C56H41BN2O. The van der Waals surface area contributed by atoms with E-state index in [1.165, 1.54) is 77.7 Å². The molecule has 0 bridgehead atoms. The molecule has 0 atom stereocenters. The van der Waals surface area contributed by atoms with Crippen molar-refractivity contribution in [3.8, 4) is 33.4 Å². The molecule has 0 saturated heterocycles. The van der Waals surface area contributed by atoms with Crippen LogP contribution >= 0.6 is 0 Å². The predicted molar refractivity (Wildman–Crippen MR) is 254 cm³/mol. The van der Waals surface area contributed by atoms with Crippen molar-refractivity contribution < 1.29 is 4.42 Å². The lowest BCUT2D eigenvalue weighted by molar-refractivity contribution is 0.669. The monoisotopic (exact) mass is 768 g/mol. The summed E-state index contributed by atoms with van der Waals surface area (Å²) in [7, 11) is 0. The Hall–Kier alpha value is -7.30. The van der Waals surface area contributed by atoms with E-state index in [0.29, 0.717) is 0 Å². The Labute approximate surface area is 350 Å². The number of hydrogen-bond acceptors (Lipinski definition) is 3. The first-order valence-electron chi connectivity index (χ1n) is 21.3. The molecule has 12 rings (SSSR count). The molecule has 10 aromatic rings. The molecule has 284 valence electrons. The van der Waals surface area contributed by atoms with Gasteiger partial charge in [0.05, 0.1) is 16.8 Å². The van der Waals surface area contributed by atoms with Crippen molar-refractivity contribution in [1.29, 1.82) is 0 Å².